The second-order valence-electron chi connectivity index (χ2n) is 6.99. The van der Waals surface area contributed by atoms with Crippen molar-refractivity contribution in [2.24, 2.45) is 4.99 Å². The Morgan fingerprint density at radius 1 is 1.00 bits per heavy atom. The van der Waals surface area contributed by atoms with Crippen LogP contribution in [0.1, 0.15) is 11.1 Å². The third-order valence-corrected chi connectivity index (χ3v) is 5.71. The van der Waals surface area contributed by atoms with Crippen LogP contribution in [0.5, 0.6) is 0 Å². The first kappa shape index (κ1) is 20.7. The van der Waals surface area contributed by atoms with Gasteiger partial charge in [-0.1, -0.05) is 54.6 Å². The summed E-state index contributed by atoms with van der Waals surface area (Å²) in [5, 5.41) is 5.52. The third-order valence-electron chi connectivity index (χ3n) is 4.99. The molecule has 2 N–H and O–H groups in total. The van der Waals surface area contributed by atoms with Crippen LogP contribution >= 0.6 is 11.8 Å². The Morgan fingerprint density at radius 2 is 1.74 bits per heavy atom. The second kappa shape index (κ2) is 9.06. The molecular weight excluding hydrogens is 408 g/mol. The lowest BCUT2D eigenvalue weighted by Crippen LogP contribution is -2.47. The van der Waals surface area contributed by atoms with E-state index in [1.165, 1.54) is 4.90 Å². The van der Waals surface area contributed by atoms with Gasteiger partial charge in [0, 0.05) is 28.8 Å². The molecule has 4 rings (SSSR count). The van der Waals surface area contributed by atoms with Crippen LogP contribution in [0.2, 0.25) is 0 Å². The highest BCUT2D eigenvalue weighted by Crippen LogP contribution is 2.27. The largest absolute Gasteiger partial charge is 0.321 e. The van der Waals surface area contributed by atoms with Crippen LogP contribution in [0, 0.1) is 0 Å². The van der Waals surface area contributed by atoms with Crippen LogP contribution in [0.15, 0.2) is 88.8 Å². The molecule has 0 bridgehead atoms. The number of hydrogen-bond donors (Lipinski definition) is 2. The molecule has 0 spiro atoms. The number of nitrogens with zero attached hydrogens (tertiary/aromatic N) is 2. The lowest BCUT2D eigenvalue weighted by molar-refractivity contribution is -0.119. The van der Waals surface area contributed by atoms with Gasteiger partial charge in [-0.3, -0.25) is 4.79 Å². The van der Waals surface area contributed by atoms with Crippen molar-refractivity contribution < 1.29 is 9.59 Å². The zero-order chi connectivity index (χ0) is 21.8. The zero-order valence-electron chi connectivity index (χ0n) is 17.2. The molecule has 0 fully saturated rings. The number of rotatable bonds is 4. The summed E-state index contributed by atoms with van der Waals surface area (Å²) < 4.78 is 0. The number of fused-ring (bicyclic) bond motifs is 1. The van der Waals surface area contributed by atoms with Crippen LogP contribution in [-0.2, 0) is 4.79 Å². The van der Waals surface area contributed by atoms with Gasteiger partial charge in [0.15, 0.2) is 0 Å². The molecule has 3 aromatic rings. The van der Waals surface area contributed by atoms with E-state index in [4.69, 9.17) is 0 Å². The third kappa shape index (κ3) is 4.46. The minimum atomic E-state index is -1.06. The van der Waals surface area contributed by atoms with Gasteiger partial charge >= 0.3 is 6.03 Å². The van der Waals surface area contributed by atoms with Crippen LogP contribution in [0.25, 0.3) is 0 Å². The Labute approximate surface area is 185 Å². The van der Waals surface area contributed by atoms with Gasteiger partial charge in [0.2, 0.25) is 6.17 Å². The number of aliphatic imine (C=N–C) groups is 1. The lowest BCUT2D eigenvalue weighted by atomic mass is 10.0. The van der Waals surface area contributed by atoms with Gasteiger partial charge in [-0.05, 0) is 30.5 Å². The van der Waals surface area contributed by atoms with Crippen LogP contribution < -0.4 is 15.5 Å². The molecule has 0 aliphatic carbocycles. The molecule has 3 amide bonds. The van der Waals surface area contributed by atoms with Gasteiger partial charge in [-0.25, -0.2) is 9.79 Å². The molecule has 1 heterocycles. The lowest BCUT2D eigenvalue weighted by Gasteiger charge is -2.21. The number of urea groups is 1. The monoisotopic (exact) mass is 430 g/mol. The summed E-state index contributed by atoms with van der Waals surface area (Å²) in [5.74, 6) is -0.314. The number of para-hydroxylation sites is 1. The van der Waals surface area contributed by atoms with Gasteiger partial charge in [0.25, 0.3) is 5.91 Å². The Kier molecular flexibility index (Phi) is 6.04. The normalized spacial score (nSPS) is 15.5. The van der Waals surface area contributed by atoms with E-state index in [-0.39, 0.29) is 5.91 Å². The standard InChI is InChI=1S/C24H22N4O2S/c1-28-20-14-7-6-13-19(20)21(16-9-4-3-5-10-16)26-22(23(28)29)27-24(30)25-17-11-8-12-18(15-17)31-2/h3-15,22H,1-2H3,(H2,25,27,30)/t22-/m1/s1. The number of thioether (sulfide) groups is 1. The number of nitrogens with one attached hydrogen (secondary N) is 2. The van der Waals surface area contributed by atoms with E-state index in [0.717, 1.165) is 21.7 Å². The van der Waals surface area contributed by atoms with E-state index < -0.39 is 12.2 Å². The SMILES string of the molecule is CSc1cccc(NC(=O)N[C@H]2N=C(c3ccccc3)c3ccccc3N(C)C2=O)c1. The number of anilines is 2. The topological polar surface area (TPSA) is 73.8 Å². The quantitative estimate of drug-likeness (QED) is 0.604. The summed E-state index contributed by atoms with van der Waals surface area (Å²) in [6.07, 6.45) is 0.910. The molecule has 0 aromatic heterocycles. The van der Waals surface area contributed by atoms with Gasteiger partial charge < -0.3 is 15.5 Å². The number of carbonyl (C=O) groups is 2. The highest BCUT2D eigenvalue weighted by molar-refractivity contribution is 7.98. The molecule has 0 unspecified atom stereocenters. The predicted molar refractivity (Wildman–Crippen MR) is 126 cm³/mol. The average Bonchev–Trinajstić information content (AvgIpc) is 2.90. The van der Waals surface area contributed by atoms with Gasteiger partial charge in [0.1, 0.15) is 0 Å². The van der Waals surface area contributed by atoms with E-state index in [9.17, 15) is 9.59 Å². The first-order valence-corrected chi connectivity index (χ1v) is 11.0. The zero-order valence-corrected chi connectivity index (χ0v) is 18.0. The summed E-state index contributed by atoms with van der Waals surface area (Å²) in [5.41, 5.74) is 3.75. The molecule has 3 aromatic carbocycles. The number of amides is 3. The Hall–Kier alpha value is -3.58. The molecule has 0 radical (unpaired) electrons. The van der Waals surface area contributed by atoms with E-state index in [1.54, 1.807) is 24.9 Å². The van der Waals surface area contributed by atoms with Crippen molar-refractivity contribution in [1.29, 1.82) is 0 Å². The van der Waals surface area contributed by atoms with Crippen molar-refractivity contribution >= 4 is 40.8 Å². The predicted octanol–water partition coefficient (Wildman–Crippen LogP) is 4.37. The highest BCUT2D eigenvalue weighted by atomic mass is 32.2. The molecule has 0 saturated heterocycles. The smallest absolute Gasteiger partial charge is 0.311 e. The van der Waals surface area contributed by atoms with E-state index in [2.05, 4.69) is 15.6 Å². The van der Waals surface area contributed by atoms with Crippen molar-refractivity contribution in [2.45, 2.75) is 11.1 Å². The van der Waals surface area contributed by atoms with Crippen LogP contribution in [0.4, 0.5) is 16.2 Å². The summed E-state index contributed by atoms with van der Waals surface area (Å²) in [6.45, 7) is 0. The minimum absolute atomic E-state index is 0.314. The van der Waals surface area contributed by atoms with Gasteiger partial charge in [0.05, 0.1) is 11.4 Å². The highest BCUT2D eigenvalue weighted by Gasteiger charge is 2.30. The summed E-state index contributed by atoms with van der Waals surface area (Å²) in [4.78, 5) is 33.1. The Bertz CT molecular complexity index is 1150. The summed E-state index contributed by atoms with van der Waals surface area (Å²) >= 11 is 1.59. The second-order valence-corrected chi connectivity index (χ2v) is 7.87. The van der Waals surface area contributed by atoms with Crippen molar-refractivity contribution in [3.05, 3.63) is 90.0 Å². The van der Waals surface area contributed by atoms with Crippen molar-refractivity contribution in [2.75, 3.05) is 23.5 Å². The van der Waals surface area contributed by atoms with Crippen LogP contribution in [0.3, 0.4) is 0 Å². The molecular formula is C24H22N4O2S. The minimum Gasteiger partial charge on any atom is -0.311 e. The molecule has 1 atom stereocenters. The molecule has 0 saturated carbocycles. The fourth-order valence-electron chi connectivity index (χ4n) is 3.43. The van der Waals surface area contributed by atoms with Gasteiger partial charge in [-0.2, -0.15) is 0 Å². The maximum Gasteiger partial charge on any atom is 0.321 e. The molecule has 6 nitrogen and oxygen atoms in total. The average molecular weight is 431 g/mol. The van der Waals surface area contributed by atoms with Crippen LogP contribution in [-0.4, -0.2) is 37.1 Å². The maximum absolute atomic E-state index is 13.1. The first-order valence-electron chi connectivity index (χ1n) is 9.78. The van der Waals surface area contributed by atoms with Crippen molar-refractivity contribution in [3.63, 3.8) is 0 Å². The van der Waals surface area contributed by atoms with E-state index in [1.807, 2.05) is 79.1 Å². The fourth-order valence-corrected chi connectivity index (χ4v) is 3.89. The Balaban J connectivity index is 1.66. The number of likely N-dealkylation sites (N-methyl/N-ethyl adjacent to an activating group) is 1. The van der Waals surface area contributed by atoms with Crippen molar-refractivity contribution in [1.82, 2.24) is 5.32 Å². The number of hydrogen-bond acceptors (Lipinski definition) is 4. The fraction of sp³-hybridized carbons (Fsp3) is 0.125. The Morgan fingerprint density at radius 3 is 2.52 bits per heavy atom. The molecule has 156 valence electrons. The van der Waals surface area contributed by atoms with E-state index in [0.29, 0.717) is 11.4 Å². The van der Waals surface area contributed by atoms with E-state index >= 15 is 0 Å². The maximum atomic E-state index is 13.1. The van der Waals surface area contributed by atoms with Gasteiger partial charge in [-0.15, -0.1) is 11.8 Å². The first-order chi connectivity index (χ1) is 15.1. The number of benzene rings is 3. The number of carbonyl (C=O) groups excluding carboxylic acids is 2. The molecule has 1 aliphatic heterocycles. The summed E-state index contributed by atoms with van der Waals surface area (Å²) in [7, 11) is 1.69. The number of benzodiazepines with no additional fused rings is 1. The summed E-state index contributed by atoms with van der Waals surface area (Å²) in [6, 6.07) is 24.3. The molecule has 31 heavy (non-hydrogen) atoms. The van der Waals surface area contributed by atoms with Crippen molar-refractivity contribution in [3.8, 4) is 0 Å². The molecule has 1 aliphatic rings. The molecule has 7 heteroatoms.